The Labute approximate surface area is 110 Å². The van der Waals surface area contributed by atoms with Gasteiger partial charge >= 0.3 is 0 Å². The van der Waals surface area contributed by atoms with Gasteiger partial charge in [0.1, 0.15) is 11.5 Å². The van der Waals surface area contributed by atoms with E-state index in [9.17, 15) is 0 Å². The zero-order valence-electron chi connectivity index (χ0n) is 12.9. The molecule has 0 amide bonds. The number of hydrogen-bond acceptors (Lipinski definition) is 2. The maximum atomic E-state index is 4.99. The Hall–Kier alpha value is -1.12. The normalized spacial score (nSPS) is 20.0. The number of imidazole rings is 1. The lowest BCUT2D eigenvalue weighted by atomic mass is 9.85. The van der Waals surface area contributed by atoms with Crippen LogP contribution in [0.3, 0.4) is 0 Å². The molecule has 0 bridgehead atoms. The minimum absolute atomic E-state index is 0.0511. The minimum atomic E-state index is 0.0511. The smallest absolute Gasteiger partial charge is 0.108 e. The highest BCUT2D eigenvalue weighted by Gasteiger charge is 2.41. The van der Waals surface area contributed by atoms with Crippen LogP contribution >= 0.6 is 0 Å². The van der Waals surface area contributed by atoms with E-state index in [4.69, 9.17) is 9.98 Å². The van der Waals surface area contributed by atoms with Crippen molar-refractivity contribution in [1.82, 2.24) is 9.55 Å². The van der Waals surface area contributed by atoms with Gasteiger partial charge in [-0.25, -0.2) is 4.98 Å². The quantitative estimate of drug-likeness (QED) is 0.688. The lowest BCUT2D eigenvalue weighted by Gasteiger charge is -2.26. The Balaban J connectivity index is 2.66. The summed E-state index contributed by atoms with van der Waals surface area (Å²) in [6.07, 6.45) is 0. The number of hydrogen-bond donors (Lipinski definition) is 0. The maximum absolute atomic E-state index is 4.99. The fourth-order valence-corrected chi connectivity index (χ4v) is 2.52. The van der Waals surface area contributed by atoms with E-state index in [-0.39, 0.29) is 16.9 Å². The third-order valence-corrected chi connectivity index (χ3v) is 3.64. The van der Waals surface area contributed by atoms with Crippen LogP contribution in [0.25, 0.3) is 0 Å². The minimum Gasteiger partial charge on any atom is -0.333 e. The Kier molecular flexibility index (Phi) is 2.73. The Morgan fingerprint density at radius 3 is 2.06 bits per heavy atom. The van der Waals surface area contributed by atoms with E-state index >= 15 is 0 Å². The van der Waals surface area contributed by atoms with Crippen LogP contribution in [0.4, 0.5) is 0 Å². The Morgan fingerprint density at radius 2 is 1.61 bits per heavy atom. The topological polar surface area (TPSA) is 30.2 Å². The average Bonchev–Trinajstić information content (AvgIpc) is 2.64. The van der Waals surface area contributed by atoms with Crippen molar-refractivity contribution in [3.63, 3.8) is 0 Å². The number of nitrogens with zero attached hydrogens (tertiary/aromatic N) is 3. The number of fused-ring (bicyclic) bond motifs is 1. The number of aliphatic imine (C=N–C) groups is 1. The first-order valence-electron chi connectivity index (χ1n) is 6.65. The summed E-state index contributed by atoms with van der Waals surface area (Å²) in [5, 5.41) is 0. The molecule has 0 radical (unpaired) electrons. The second-order valence-electron chi connectivity index (χ2n) is 7.45. The molecule has 3 nitrogen and oxygen atoms in total. The van der Waals surface area contributed by atoms with Gasteiger partial charge in [-0.2, -0.15) is 0 Å². The van der Waals surface area contributed by atoms with E-state index in [0.29, 0.717) is 0 Å². The summed E-state index contributed by atoms with van der Waals surface area (Å²) in [5.74, 6) is 1.07. The first-order chi connectivity index (χ1) is 8.03. The summed E-state index contributed by atoms with van der Waals surface area (Å²) in [7, 11) is 2.10. The molecule has 1 aromatic heterocycles. The van der Waals surface area contributed by atoms with Crippen molar-refractivity contribution >= 4 is 5.71 Å². The van der Waals surface area contributed by atoms with Crippen LogP contribution in [0.15, 0.2) is 4.99 Å². The van der Waals surface area contributed by atoms with E-state index < -0.39 is 0 Å². The van der Waals surface area contributed by atoms with Crippen LogP contribution in [0, 0.1) is 17.8 Å². The molecule has 2 rings (SSSR count). The van der Waals surface area contributed by atoms with Gasteiger partial charge in [0.25, 0.3) is 0 Å². The van der Waals surface area contributed by atoms with Gasteiger partial charge in [0.2, 0.25) is 0 Å². The van der Waals surface area contributed by atoms with Gasteiger partial charge < -0.3 is 4.57 Å². The third kappa shape index (κ3) is 1.90. The predicted octanol–water partition coefficient (Wildman–Crippen LogP) is 3.66. The van der Waals surface area contributed by atoms with Crippen LogP contribution in [0.1, 0.15) is 64.8 Å². The fraction of sp³-hybridized carbons (Fsp3) is 0.733. The van der Waals surface area contributed by atoms with Gasteiger partial charge in [-0.3, -0.25) is 4.99 Å². The fourth-order valence-electron chi connectivity index (χ4n) is 2.52. The summed E-state index contributed by atoms with van der Waals surface area (Å²) in [6.45, 7) is 15.5. The second kappa shape index (κ2) is 3.69. The van der Waals surface area contributed by atoms with Gasteiger partial charge in [0, 0.05) is 12.5 Å². The Morgan fingerprint density at radius 1 is 1.06 bits per heavy atom. The van der Waals surface area contributed by atoms with E-state index in [0.717, 1.165) is 17.2 Å². The molecule has 1 atom stereocenters. The number of aromatic nitrogens is 2. The lowest BCUT2D eigenvalue weighted by Crippen LogP contribution is -2.20. The van der Waals surface area contributed by atoms with Crippen LogP contribution in [-0.4, -0.2) is 15.3 Å². The molecule has 0 N–H and O–H groups in total. The Bertz CT molecular complexity index is 507. The van der Waals surface area contributed by atoms with Gasteiger partial charge in [0.15, 0.2) is 0 Å². The number of aryl methyl sites for hydroxylation is 1. The molecule has 3 heteroatoms. The lowest BCUT2D eigenvalue weighted by molar-refractivity contribution is 0.321. The summed E-state index contributed by atoms with van der Waals surface area (Å²) in [4.78, 5) is 9.73. The highest BCUT2D eigenvalue weighted by molar-refractivity contribution is 6.05. The zero-order chi connectivity index (χ0) is 13.9. The molecule has 2 heterocycles. The molecule has 0 spiro atoms. The highest BCUT2D eigenvalue weighted by Crippen LogP contribution is 2.44. The molecule has 1 aliphatic rings. The summed E-state index contributed by atoms with van der Waals surface area (Å²) >= 11 is 0. The maximum Gasteiger partial charge on any atom is 0.108 e. The van der Waals surface area contributed by atoms with Crippen molar-refractivity contribution in [1.29, 1.82) is 0 Å². The monoisotopic (exact) mass is 247 g/mol. The predicted molar refractivity (Wildman–Crippen MR) is 76.1 cm³/mol. The standard InChI is InChI=1S/C15H25N3/c1-9-16-10-11(18(9)8)13(15(5,6)7)17-12(10)14(2,3)4/h13H,1-8H3. The molecule has 0 saturated heterocycles. The van der Waals surface area contributed by atoms with Crippen molar-refractivity contribution in [2.45, 2.75) is 54.5 Å². The van der Waals surface area contributed by atoms with Crippen LogP contribution < -0.4 is 0 Å². The molecule has 1 aliphatic heterocycles. The molecule has 18 heavy (non-hydrogen) atoms. The van der Waals surface area contributed by atoms with Gasteiger partial charge in [-0.1, -0.05) is 41.5 Å². The van der Waals surface area contributed by atoms with Crippen LogP contribution in [-0.2, 0) is 7.05 Å². The van der Waals surface area contributed by atoms with Gasteiger partial charge in [-0.15, -0.1) is 0 Å². The van der Waals surface area contributed by atoms with Gasteiger partial charge in [0.05, 0.1) is 17.4 Å². The third-order valence-electron chi connectivity index (χ3n) is 3.64. The van der Waals surface area contributed by atoms with Gasteiger partial charge in [-0.05, 0) is 12.3 Å². The SMILES string of the molecule is Cc1nc2c(n1C)C(C(C)(C)C)N=C2C(C)(C)C. The molecule has 0 aromatic carbocycles. The van der Waals surface area contributed by atoms with Crippen molar-refractivity contribution in [3.8, 4) is 0 Å². The molecular formula is C15H25N3. The summed E-state index contributed by atoms with van der Waals surface area (Å²) < 4.78 is 2.20. The molecule has 100 valence electrons. The molecule has 1 aromatic rings. The first kappa shape index (κ1) is 13.3. The zero-order valence-corrected chi connectivity index (χ0v) is 12.9. The van der Waals surface area contributed by atoms with E-state index in [1.54, 1.807) is 0 Å². The number of rotatable bonds is 0. The largest absolute Gasteiger partial charge is 0.333 e. The summed E-state index contributed by atoms with van der Waals surface area (Å²) in [6, 6.07) is 0.216. The van der Waals surface area contributed by atoms with E-state index in [2.05, 4.69) is 60.1 Å². The van der Waals surface area contributed by atoms with E-state index in [1.165, 1.54) is 5.69 Å². The van der Waals surface area contributed by atoms with Crippen molar-refractivity contribution in [3.05, 3.63) is 17.2 Å². The van der Waals surface area contributed by atoms with Crippen molar-refractivity contribution in [2.75, 3.05) is 0 Å². The van der Waals surface area contributed by atoms with Crippen LogP contribution in [0.5, 0.6) is 0 Å². The second-order valence-corrected chi connectivity index (χ2v) is 7.45. The van der Waals surface area contributed by atoms with Crippen molar-refractivity contribution in [2.24, 2.45) is 22.9 Å². The first-order valence-corrected chi connectivity index (χ1v) is 6.65. The summed E-state index contributed by atoms with van der Waals surface area (Å²) in [5.41, 5.74) is 3.73. The molecule has 0 fully saturated rings. The molecule has 0 saturated carbocycles. The average molecular weight is 247 g/mol. The van der Waals surface area contributed by atoms with Crippen molar-refractivity contribution < 1.29 is 0 Å². The molecular weight excluding hydrogens is 222 g/mol. The highest BCUT2D eigenvalue weighted by atomic mass is 15.1. The van der Waals surface area contributed by atoms with Crippen LogP contribution in [0.2, 0.25) is 0 Å². The molecule has 0 aliphatic carbocycles. The van der Waals surface area contributed by atoms with E-state index in [1.807, 2.05) is 0 Å². The molecule has 1 unspecified atom stereocenters.